The summed E-state index contributed by atoms with van der Waals surface area (Å²) in [5.41, 5.74) is 0.960. The maximum absolute atomic E-state index is 13.8. The number of nitrogens with zero attached hydrogens (tertiary/aromatic N) is 4. The second-order valence-electron chi connectivity index (χ2n) is 8.12. The van der Waals surface area contributed by atoms with Crippen molar-refractivity contribution < 1.29 is 28.2 Å². The zero-order valence-corrected chi connectivity index (χ0v) is 20.3. The van der Waals surface area contributed by atoms with Gasteiger partial charge in [-0.15, -0.1) is 0 Å². The molecule has 0 bridgehead atoms. The van der Waals surface area contributed by atoms with Crippen molar-refractivity contribution in [3.8, 4) is 5.88 Å². The van der Waals surface area contributed by atoms with E-state index in [0.29, 0.717) is 23.0 Å². The number of aliphatic hydroxyl groups excluding tert-OH is 1. The van der Waals surface area contributed by atoms with Gasteiger partial charge in [-0.2, -0.15) is 0 Å². The van der Waals surface area contributed by atoms with Crippen LogP contribution in [0.3, 0.4) is 0 Å². The molecule has 13 heteroatoms. The topological polar surface area (TPSA) is 117 Å². The van der Waals surface area contributed by atoms with E-state index in [-0.39, 0.29) is 48.7 Å². The Hall–Kier alpha value is -3.87. The fraction of sp³-hybridized carbons (Fsp3) is 0.250. The van der Waals surface area contributed by atoms with E-state index in [9.17, 15) is 28.3 Å². The molecule has 0 saturated heterocycles. The van der Waals surface area contributed by atoms with Crippen molar-refractivity contribution >= 4 is 34.8 Å². The lowest BCUT2D eigenvalue weighted by Crippen LogP contribution is -2.42. The predicted molar refractivity (Wildman–Crippen MR) is 131 cm³/mol. The molecule has 1 aromatic heterocycles. The number of anilines is 2. The molecule has 194 valence electrons. The Balaban J connectivity index is 1.56. The highest BCUT2D eigenvalue weighted by Crippen LogP contribution is 2.37. The number of benzene rings is 2. The van der Waals surface area contributed by atoms with E-state index in [0.717, 1.165) is 6.07 Å². The van der Waals surface area contributed by atoms with E-state index in [1.54, 1.807) is 25.2 Å². The molecule has 2 N–H and O–H groups in total. The Morgan fingerprint density at radius 2 is 1.89 bits per heavy atom. The standard InChI is InChI=1S/C24H22ClF2N5O5/c1-28-8-20(34)32-13-31(21(35)10-33)18-5-2-14(6-19(18)32)9-30-12-29-23(22(25)24(30)36)37-11-15-3-4-16(26)7-17(15)27/h2-7,12,28,33H,8-11,13H2,1H3. The first-order valence-electron chi connectivity index (χ1n) is 11.0. The summed E-state index contributed by atoms with van der Waals surface area (Å²) in [4.78, 5) is 44.3. The lowest BCUT2D eigenvalue weighted by Gasteiger charge is -2.18. The number of ether oxygens (including phenoxy) is 1. The van der Waals surface area contributed by atoms with Crippen molar-refractivity contribution in [2.75, 3.05) is 36.7 Å². The smallest absolute Gasteiger partial charge is 0.276 e. The van der Waals surface area contributed by atoms with Crippen LogP contribution in [-0.4, -0.2) is 53.3 Å². The minimum absolute atomic E-state index is 0.0348. The quantitative estimate of drug-likeness (QED) is 0.452. The lowest BCUT2D eigenvalue weighted by molar-refractivity contribution is -0.121. The van der Waals surface area contributed by atoms with Crippen LogP contribution in [0.2, 0.25) is 5.02 Å². The average molecular weight is 534 g/mol. The van der Waals surface area contributed by atoms with Gasteiger partial charge < -0.3 is 15.2 Å². The van der Waals surface area contributed by atoms with Gasteiger partial charge in [0.05, 0.1) is 24.5 Å². The summed E-state index contributed by atoms with van der Waals surface area (Å²) >= 11 is 6.16. The number of amides is 2. The van der Waals surface area contributed by atoms with Crippen LogP contribution in [0.25, 0.3) is 0 Å². The molecule has 0 aliphatic carbocycles. The van der Waals surface area contributed by atoms with E-state index < -0.39 is 29.7 Å². The Morgan fingerprint density at radius 1 is 1.14 bits per heavy atom. The van der Waals surface area contributed by atoms with Crippen molar-refractivity contribution in [2.45, 2.75) is 13.2 Å². The first-order valence-corrected chi connectivity index (χ1v) is 11.4. The van der Waals surface area contributed by atoms with Crippen LogP contribution in [-0.2, 0) is 22.7 Å². The third-order valence-corrected chi connectivity index (χ3v) is 5.98. The third-order valence-electron chi connectivity index (χ3n) is 5.65. The van der Waals surface area contributed by atoms with Gasteiger partial charge in [0.25, 0.3) is 11.5 Å². The van der Waals surface area contributed by atoms with E-state index in [2.05, 4.69) is 10.3 Å². The van der Waals surface area contributed by atoms with Gasteiger partial charge in [0.1, 0.15) is 37.8 Å². The fourth-order valence-electron chi connectivity index (χ4n) is 3.81. The zero-order valence-electron chi connectivity index (χ0n) is 19.6. The number of likely N-dealkylation sites (N-methyl/N-ethyl adjacent to an activating group) is 1. The first-order chi connectivity index (χ1) is 17.7. The normalized spacial score (nSPS) is 12.6. The average Bonchev–Trinajstić information content (AvgIpc) is 3.26. The van der Waals surface area contributed by atoms with Gasteiger partial charge in [0.15, 0.2) is 5.02 Å². The molecule has 0 saturated carbocycles. The van der Waals surface area contributed by atoms with Crippen LogP contribution in [0.15, 0.2) is 47.5 Å². The summed E-state index contributed by atoms with van der Waals surface area (Å²) in [6, 6.07) is 7.97. The molecule has 37 heavy (non-hydrogen) atoms. The Kier molecular flexibility index (Phi) is 7.81. The van der Waals surface area contributed by atoms with Crippen molar-refractivity contribution in [2.24, 2.45) is 0 Å². The number of aliphatic hydroxyl groups is 1. The van der Waals surface area contributed by atoms with Gasteiger partial charge in [0.2, 0.25) is 11.8 Å². The van der Waals surface area contributed by atoms with Gasteiger partial charge in [-0.1, -0.05) is 17.7 Å². The number of carbonyl (C=O) groups is 2. The second kappa shape index (κ2) is 11.0. The van der Waals surface area contributed by atoms with Crippen LogP contribution < -0.4 is 25.4 Å². The molecule has 0 fully saturated rings. The Morgan fingerprint density at radius 3 is 2.59 bits per heavy atom. The van der Waals surface area contributed by atoms with Crippen LogP contribution in [0.1, 0.15) is 11.1 Å². The summed E-state index contributed by atoms with van der Waals surface area (Å²) in [5, 5.41) is 11.7. The molecular formula is C24H22ClF2N5O5. The maximum Gasteiger partial charge on any atom is 0.276 e. The molecular weight excluding hydrogens is 512 g/mol. The first kappa shape index (κ1) is 26.2. The van der Waals surface area contributed by atoms with Gasteiger partial charge in [-0.3, -0.25) is 28.8 Å². The summed E-state index contributed by atoms with van der Waals surface area (Å²) in [5.74, 6) is -2.58. The number of nitrogens with one attached hydrogen (secondary N) is 1. The molecule has 10 nitrogen and oxygen atoms in total. The minimum Gasteiger partial charge on any atom is -0.471 e. The molecule has 2 amide bonds. The summed E-state index contributed by atoms with van der Waals surface area (Å²) in [6.07, 6.45) is 1.21. The second-order valence-corrected chi connectivity index (χ2v) is 8.50. The monoisotopic (exact) mass is 533 g/mol. The number of hydrogen-bond donors (Lipinski definition) is 2. The van der Waals surface area contributed by atoms with E-state index in [1.807, 2.05) is 0 Å². The molecule has 0 unspecified atom stereocenters. The molecule has 1 aliphatic rings. The summed E-state index contributed by atoms with van der Waals surface area (Å²) in [7, 11) is 1.62. The molecule has 2 heterocycles. The fourth-order valence-corrected chi connectivity index (χ4v) is 4.02. The van der Waals surface area contributed by atoms with Crippen LogP contribution >= 0.6 is 11.6 Å². The number of carbonyl (C=O) groups excluding carboxylic acids is 2. The SMILES string of the molecule is CNCC(=O)N1CN(C(=O)CO)c2ccc(Cn3cnc(OCc4ccc(F)cc4F)c(Cl)c3=O)cc21. The molecule has 0 radical (unpaired) electrons. The van der Waals surface area contributed by atoms with Crippen molar-refractivity contribution in [1.82, 2.24) is 14.9 Å². The number of aromatic nitrogens is 2. The number of halogens is 3. The predicted octanol–water partition coefficient (Wildman–Crippen LogP) is 1.65. The molecule has 2 aromatic carbocycles. The van der Waals surface area contributed by atoms with E-state index in [4.69, 9.17) is 16.3 Å². The molecule has 0 spiro atoms. The van der Waals surface area contributed by atoms with Crippen LogP contribution in [0.5, 0.6) is 5.88 Å². The highest BCUT2D eigenvalue weighted by molar-refractivity contribution is 6.31. The third kappa shape index (κ3) is 5.45. The van der Waals surface area contributed by atoms with Crippen LogP contribution in [0.4, 0.5) is 20.2 Å². The number of rotatable bonds is 8. The largest absolute Gasteiger partial charge is 0.471 e. The van der Waals surface area contributed by atoms with Crippen LogP contribution in [0, 0.1) is 11.6 Å². The Labute approximate surface area is 214 Å². The van der Waals surface area contributed by atoms with Gasteiger partial charge in [0, 0.05) is 11.6 Å². The molecule has 1 aliphatic heterocycles. The number of hydrogen-bond acceptors (Lipinski definition) is 7. The molecule has 4 rings (SSSR count). The van der Waals surface area contributed by atoms with Crippen molar-refractivity contribution in [3.05, 3.63) is 80.9 Å². The Bertz CT molecular complexity index is 1420. The molecule has 0 atom stereocenters. The lowest BCUT2D eigenvalue weighted by atomic mass is 10.1. The zero-order chi connectivity index (χ0) is 26.7. The van der Waals surface area contributed by atoms with E-state index in [1.165, 1.54) is 26.8 Å². The molecule has 3 aromatic rings. The van der Waals surface area contributed by atoms with Gasteiger partial charge >= 0.3 is 0 Å². The summed E-state index contributed by atoms with van der Waals surface area (Å²) < 4.78 is 33.5. The van der Waals surface area contributed by atoms with E-state index >= 15 is 0 Å². The van der Waals surface area contributed by atoms with Crippen molar-refractivity contribution in [3.63, 3.8) is 0 Å². The van der Waals surface area contributed by atoms with Gasteiger partial charge in [-0.25, -0.2) is 13.8 Å². The summed E-state index contributed by atoms with van der Waals surface area (Å²) in [6.45, 7) is -1.00. The highest BCUT2D eigenvalue weighted by Gasteiger charge is 2.33. The highest BCUT2D eigenvalue weighted by atomic mass is 35.5. The minimum atomic E-state index is -0.803. The van der Waals surface area contributed by atoms with Crippen molar-refractivity contribution in [1.29, 1.82) is 0 Å². The number of fused-ring (bicyclic) bond motifs is 1. The maximum atomic E-state index is 13.8. The van der Waals surface area contributed by atoms with Gasteiger partial charge in [-0.05, 0) is 36.9 Å².